The minimum atomic E-state index is 0.0250. The summed E-state index contributed by atoms with van der Waals surface area (Å²) in [5, 5.41) is 3.34. The average Bonchev–Trinajstić information content (AvgIpc) is 2.55. The van der Waals surface area contributed by atoms with E-state index in [-0.39, 0.29) is 5.91 Å². The molecule has 1 heterocycles. The summed E-state index contributed by atoms with van der Waals surface area (Å²) in [5.41, 5.74) is 3.97. The van der Waals surface area contributed by atoms with Gasteiger partial charge in [0, 0.05) is 32.0 Å². The Kier molecular flexibility index (Phi) is 5.53. The summed E-state index contributed by atoms with van der Waals surface area (Å²) >= 11 is 0. The van der Waals surface area contributed by atoms with Crippen LogP contribution in [-0.2, 0) is 6.54 Å². The second-order valence-electron chi connectivity index (χ2n) is 5.22. The van der Waals surface area contributed by atoms with Gasteiger partial charge in [0.05, 0.1) is 11.3 Å². The summed E-state index contributed by atoms with van der Waals surface area (Å²) in [6.45, 7) is 8.18. The summed E-state index contributed by atoms with van der Waals surface area (Å²) in [7, 11) is 0. The fourth-order valence-electron chi connectivity index (χ4n) is 2.35. The highest BCUT2D eigenvalue weighted by molar-refractivity contribution is 5.94. The van der Waals surface area contributed by atoms with Crippen LogP contribution >= 0.6 is 0 Å². The van der Waals surface area contributed by atoms with E-state index in [1.54, 1.807) is 17.3 Å². The number of hydrogen-bond donors (Lipinski definition) is 1. The van der Waals surface area contributed by atoms with E-state index in [0.29, 0.717) is 18.7 Å². The van der Waals surface area contributed by atoms with E-state index in [9.17, 15) is 4.79 Å². The Balaban J connectivity index is 2.09. The maximum atomic E-state index is 12.3. The zero-order chi connectivity index (χ0) is 15.9. The summed E-state index contributed by atoms with van der Waals surface area (Å²) in [6, 6.07) is 10.1. The van der Waals surface area contributed by atoms with Crippen LogP contribution in [0.15, 0.2) is 42.7 Å². The highest BCUT2D eigenvalue weighted by atomic mass is 16.2. The van der Waals surface area contributed by atoms with Crippen molar-refractivity contribution in [1.29, 1.82) is 0 Å². The van der Waals surface area contributed by atoms with Crippen LogP contribution in [0.3, 0.4) is 0 Å². The molecule has 1 aromatic carbocycles. The van der Waals surface area contributed by atoms with E-state index in [4.69, 9.17) is 0 Å². The quantitative estimate of drug-likeness (QED) is 0.888. The number of benzene rings is 1. The van der Waals surface area contributed by atoms with Gasteiger partial charge in [-0.3, -0.25) is 9.78 Å². The molecule has 1 aromatic heterocycles. The summed E-state index contributed by atoms with van der Waals surface area (Å²) < 4.78 is 0. The number of pyridine rings is 1. The lowest BCUT2D eigenvalue weighted by molar-refractivity contribution is 0.0772. The third kappa shape index (κ3) is 3.85. The van der Waals surface area contributed by atoms with Crippen LogP contribution in [0.5, 0.6) is 0 Å². The van der Waals surface area contributed by atoms with Crippen molar-refractivity contribution >= 4 is 11.6 Å². The molecule has 0 atom stereocenters. The summed E-state index contributed by atoms with van der Waals surface area (Å²) in [5.74, 6) is 0.0250. The van der Waals surface area contributed by atoms with Crippen molar-refractivity contribution in [3.05, 3.63) is 59.4 Å². The first-order valence-electron chi connectivity index (χ1n) is 7.68. The molecule has 2 rings (SSSR count). The van der Waals surface area contributed by atoms with Crippen molar-refractivity contribution in [1.82, 2.24) is 9.88 Å². The Morgan fingerprint density at radius 2 is 1.91 bits per heavy atom. The molecule has 0 spiro atoms. The minimum Gasteiger partial charge on any atom is -0.380 e. The lowest BCUT2D eigenvalue weighted by Crippen LogP contribution is -2.30. The van der Waals surface area contributed by atoms with Gasteiger partial charge in [-0.25, -0.2) is 0 Å². The van der Waals surface area contributed by atoms with Crippen LogP contribution in [0.4, 0.5) is 5.69 Å². The number of aryl methyl sites for hydroxylation is 1. The number of hydrogen-bond acceptors (Lipinski definition) is 3. The monoisotopic (exact) mass is 297 g/mol. The van der Waals surface area contributed by atoms with Gasteiger partial charge in [0.1, 0.15) is 0 Å². The van der Waals surface area contributed by atoms with E-state index in [0.717, 1.165) is 12.2 Å². The zero-order valence-corrected chi connectivity index (χ0v) is 13.5. The Labute approximate surface area is 132 Å². The molecule has 0 fully saturated rings. The molecule has 0 saturated heterocycles. The standard InChI is InChI=1S/C18H23N3O/c1-4-21(5-2)18(22)16-10-17(13-19-11-16)20-12-15-9-7-6-8-14(15)3/h6-11,13,20H,4-5,12H2,1-3H3. The fourth-order valence-corrected chi connectivity index (χ4v) is 2.35. The predicted octanol–water partition coefficient (Wildman–Crippen LogP) is 3.48. The first kappa shape index (κ1) is 16.0. The van der Waals surface area contributed by atoms with Gasteiger partial charge in [0.2, 0.25) is 0 Å². The number of nitrogens with one attached hydrogen (secondary N) is 1. The molecule has 0 bridgehead atoms. The van der Waals surface area contributed by atoms with Crippen molar-refractivity contribution in [2.24, 2.45) is 0 Å². The number of rotatable bonds is 6. The number of nitrogens with zero attached hydrogens (tertiary/aromatic N) is 2. The largest absolute Gasteiger partial charge is 0.380 e. The molecule has 1 amide bonds. The van der Waals surface area contributed by atoms with Crippen LogP contribution in [0.25, 0.3) is 0 Å². The number of amides is 1. The number of aromatic nitrogens is 1. The van der Waals surface area contributed by atoms with Crippen molar-refractivity contribution in [3.8, 4) is 0 Å². The Hall–Kier alpha value is -2.36. The van der Waals surface area contributed by atoms with Gasteiger partial charge < -0.3 is 10.2 Å². The maximum Gasteiger partial charge on any atom is 0.255 e. The minimum absolute atomic E-state index is 0.0250. The van der Waals surface area contributed by atoms with Gasteiger partial charge in [-0.2, -0.15) is 0 Å². The lowest BCUT2D eigenvalue weighted by Gasteiger charge is -2.18. The van der Waals surface area contributed by atoms with Crippen molar-refractivity contribution < 1.29 is 4.79 Å². The van der Waals surface area contributed by atoms with Gasteiger partial charge in [-0.15, -0.1) is 0 Å². The Morgan fingerprint density at radius 3 is 2.59 bits per heavy atom. The molecule has 4 nitrogen and oxygen atoms in total. The average molecular weight is 297 g/mol. The van der Waals surface area contributed by atoms with Gasteiger partial charge >= 0.3 is 0 Å². The molecule has 22 heavy (non-hydrogen) atoms. The fraction of sp³-hybridized carbons (Fsp3) is 0.333. The van der Waals surface area contributed by atoms with Crippen LogP contribution in [0.2, 0.25) is 0 Å². The van der Waals surface area contributed by atoms with Gasteiger partial charge in [-0.1, -0.05) is 24.3 Å². The van der Waals surface area contributed by atoms with Crippen molar-refractivity contribution in [2.45, 2.75) is 27.3 Å². The second kappa shape index (κ2) is 7.59. The molecule has 0 unspecified atom stereocenters. The van der Waals surface area contributed by atoms with Crippen molar-refractivity contribution in [3.63, 3.8) is 0 Å². The molecule has 1 N–H and O–H groups in total. The molecule has 0 radical (unpaired) electrons. The van der Waals surface area contributed by atoms with Crippen LogP contribution < -0.4 is 5.32 Å². The predicted molar refractivity (Wildman–Crippen MR) is 90.0 cm³/mol. The zero-order valence-electron chi connectivity index (χ0n) is 13.5. The molecular formula is C18H23N3O. The first-order valence-corrected chi connectivity index (χ1v) is 7.68. The third-order valence-corrected chi connectivity index (χ3v) is 3.78. The Morgan fingerprint density at radius 1 is 1.18 bits per heavy atom. The lowest BCUT2D eigenvalue weighted by atomic mass is 10.1. The van der Waals surface area contributed by atoms with Gasteiger partial charge in [-0.05, 0) is 38.0 Å². The van der Waals surface area contributed by atoms with Crippen LogP contribution in [-0.4, -0.2) is 28.9 Å². The third-order valence-electron chi connectivity index (χ3n) is 3.78. The molecule has 4 heteroatoms. The van der Waals surface area contributed by atoms with E-state index in [2.05, 4.69) is 29.4 Å². The highest BCUT2D eigenvalue weighted by Gasteiger charge is 2.13. The summed E-state index contributed by atoms with van der Waals surface area (Å²) in [4.78, 5) is 18.3. The Bertz CT molecular complexity index is 636. The maximum absolute atomic E-state index is 12.3. The first-order chi connectivity index (χ1) is 10.7. The number of carbonyl (C=O) groups is 1. The summed E-state index contributed by atoms with van der Waals surface area (Å²) in [6.07, 6.45) is 3.37. The molecule has 116 valence electrons. The second-order valence-corrected chi connectivity index (χ2v) is 5.22. The van der Waals surface area contributed by atoms with Gasteiger partial charge in [0.25, 0.3) is 5.91 Å². The smallest absolute Gasteiger partial charge is 0.255 e. The SMILES string of the molecule is CCN(CC)C(=O)c1cncc(NCc2ccccc2C)c1. The normalized spacial score (nSPS) is 10.3. The number of carbonyl (C=O) groups excluding carboxylic acids is 1. The van der Waals surface area contributed by atoms with E-state index >= 15 is 0 Å². The molecule has 0 aliphatic heterocycles. The van der Waals surface area contributed by atoms with Crippen LogP contribution in [0.1, 0.15) is 35.3 Å². The molecular weight excluding hydrogens is 274 g/mol. The molecule has 2 aromatic rings. The molecule has 0 saturated carbocycles. The van der Waals surface area contributed by atoms with E-state index in [1.165, 1.54) is 11.1 Å². The van der Waals surface area contributed by atoms with E-state index < -0.39 is 0 Å². The van der Waals surface area contributed by atoms with Crippen molar-refractivity contribution in [2.75, 3.05) is 18.4 Å². The van der Waals surface area contributed by atoms with E-state index in [1.807, 2.05) is 32.0 Å². The highest BCUT2D eigenvalue weighted by Crippen LogP contribution is 2.14. The topological polar surface area (TPSA) is 45.2 Å². The van der Waals surface area contributed by atoms with Crippen LogP contribution in [0, 0.1) is 6.92 Å². The molecule has 0 aliphatic rings. The molecule has 0 aliphatic carbocycles. The van der Waals surface area contributed by atoms with Gasteiger partial charge in [0.15, 0.2) is 0 Å². The number of anilines is 1.